The summed E-state index contributed by atoms with van der Waals surface area (Å²) in [6, 6.07) is 0. The van der Waals surface area contributed by atoms with E-state index in [0.717, 1.165) is 6.42 Å². The maximum Gasteiger partial charge on any atom is 0.0879 e. The highest BCUT2D eigenvalue weighted by Crippen LogP contribution is 2.41. The zero-order valence-corrected chi connectivity index (χ0v) is 9.58. The lowest BCUT2D eigenvalue weighted by Gasteiger charge is -2.47. The Morgan fingerprint density at radius 1 is 1.36 bits per heavy atom. The summed E-state index contributed by atoms with van der Waals surface area (Å²) in [7, 11) is 1.69. The SMILES string of the molecule is COC1(C(C)C)CCC(C)(O)C(O)C1. The van der Waals surface area contributed by atoms with Crippen molar-refractivity contribution in [3.63, 3.8) is 0 Å². The fourth-order valence-corrected chi connectivity index (χ4v) is 2.23. The highest BCUT2D eigenvalue weighted by molar-refractivity contribution is 4.99. The minimum atomic E-state index is -0.947. The van der Waals surface area contributed by atoms with Crippen molar-refractivity contribution in [1.29, 1.82) is 0 Å². The van der Waals surface area contributed by atoms with Gasteiger partial charge in [-0.05, 0) is 25.7 Å². The van der Waals surface area contributed by atoms with Crippen molar-refractivity contribution in [2.45, 2.75) is 57.3 Å². The molecular weight excluding hydrogens is 180 g/mol. The molecule has 0 amide bonds. The first-order valence-corrected chi connectivity index (χ1v) is 5.30. The summed E-state index contributed by atoms with van der Waals surface area (Å²) in [6.07, 6.45) is 1.25. The van der Waals surface area contributed by atoms with Crippen LogP contribution in [0, 0.1) is 5.92 Å². The van der Waals surface area contributed by atoms with Gasteiger partial charge in [0.15, 0.2) is 0 Å². The van der Waals surface area contributed by atoms with Crippen LogP contribution in [0.3, 0.4) is 0 Å². The van der Waals surface area contributed by atoms with Crippen LogP contribution in [0.25, 0.3) is 0 Å². The van der Waals surface area contributed by atoms with Gasteiger partial charge in [0.1, 0.15) is 0 Å². The standard InChI is InChI=1S/C11H22O3/c1-8(2)11(14-4)6-5-10(3,13)9(12)7-11/h8-9,12-13H,5-7H2,1-4H3. The lowest BCUT2D eigenvalue weighted by Crippen LogP contribution is -2.54. The molecule has 2 N–H and O–H groups in total. The van der Waals surface area contributed by atoms with E-state index in [1.54, 1.807) is 14.0 Å². The topological polar surface area (TPSA) is 49.7 Å². The molecule has 0 aliphatic heterocycles. The summed E-state index contributed by atoms with van der Waals surface area (Å²) in [5, 5.41) is 19.7. The lowest BCUT2D eigenvalue weighted by atomic mass is 9.70. The Morgan fingerprint density at radius 2 is 1.93 bits per heavy atom. The third-order valence-corrected chi connectivity index (χ3v) is 3.77. The van der Waals surface area contributed by atoms with Crippen LogP contribution in [-0.2, 0) is 4.74 Å². The number of methoxy groups -OCH3 is 1. The number of ether oxygens (including phenoxy) is 1. The Hall–Kier alpha value is -0.120. The first kappa shape index (κ1) is 12.0. The molecule has 3 heteroatoms. The highest BCUT2D eigenvalue weighted by atomic mass is 16.5. The summed E-state index contributed by atoms with van der Waals surface area (Å²) in [4.78, 5) is 0. The maximum atomic E-state index is 9.85. The van der Waals surface area contributed by atoms with Gasteiger partial charge in [0.2, 0.25) is 0 Å². The van der Waals surface area contributed by atoms with E-state index in [1.807, 2.05) is 0 Å². The van der Waals surface area contributed by atoms with Crippen LogP contribution in [0.15, 0.2) is 0 Å². The summed E-state index contributed by atoms with van der Waals surface area (Å²) in [5.41, 5.74) is -1.21. The Kier molecular flexibility index (Phi) is 3.24. The monoisotopic (exact) mass is 202 g/mol. The Labute approximate surface area is 86.1 Å². The number of aliphatic hydroxyl groups excluding tert-OH is 1. The minimum absolute atomic E-state index is 0.262. The second kappa shape index (κ2) is 3.80. The van der Waals surface area contributed by atoms with E-state index in [-0.39, 0.29) is 5.60 Å². The Balaban J connectivity index is 2.78. The first-order chi connectivity index (χ1) is 6.34. The predicted octanol–water partition coefficient (Wildman–Crippen LogP) is 1.32. The molecule has 14 heavy (non-hydrogen) atoms. The highest BCUT2D eigenvalue weighted by Gasteiger charge is 2.47. The van der Waals surface area contributed by atoms with E-state index >= 15 is 0 Å². The van der Waals surface area contributed by atoms with Crippen LogP contribution >= 0.6 is 0 Å². The zero-order valence-electron chi connectivity index (χ0n) is 9.58. The fraction of sp³-hybridized carbons (Fsp3) is 1.00. The van der Waals surface area contributed by atoms with Gasteiger partial charge in [0.25, 0.3) is 0 Å². The second-order valence-corrected chi connectivity index (χ2v) is 5.00. The summed E-state index contributed by atoms with van der Waals surface area (Å²) >= 11 is 0. The third kappa shape index (κ3) is 1.95. The van der Waals surface area contributed by atoms with Gasteiger partial charge in [0.05, 0.1) is 17.3 Å². The first-order valence-electron chi connectivity index (χ1n) is 5.30. The molecule has 3 atom stereocenters. The van der Waals surface area contributed by atoms with E-state index in [9.17, 15) is 10.2 Å². The molecule has 84 valence electrons. The third-order valence-electron chi connectivity index (χ3n) is 3.77. The molecule has 0 bridgehead atoms. The van der Waals surface area contributed by atoms with Crippen molar-refractivity contribution in [1.82, 2.24) is 0 Å². The molecule has 0 radical (unpaired) electrons. The fourth-order valence-electron chi connectivity index (χ4n) is 2.23. The lowest BCUT2D eigenvalue weighted by molar-refractivity contribution is -0.172. The van der Waals surface area contributed by atoms with Gasteiger partial charge >= 0.3 is 0 Å². The van der Waals surface area contributed by atoms with Crippen molar-refractivity contribution >= 4 is 0 Å². The minimum Gasteiger partial charge on any atom is -0.390 e. The second-order valence-electron chi connectivity index (χ2n) is 5.00. The van der Waals surface area contributed by atoms with Gasteiger partial charge in [-0.3, -0.25) is 0 Å². The molecule has 0 aromatic heterocycles. The molecule has 0 saturated heterocycles. The molecule has 0 aromatic rings. The molecule has 1 saturated carbocycles. The predicted molar refractivity (Wildman–Crippen MR) is 55.1 cm³/mol. The van der Waals surface area contributed by atoms with E-state index in [2.05, 4.69) is 13.8 Å². The molecule has 3 unspecified atom stereocenters. The van der Waals surface area contributed by atoms with Crippen LogP contribution in [0.2, 0.25) is 0 Å². The van der Waals surface area contributed by atoms with Gasteiger partial charge in [0, 0.05) is 13.5 Å². The van der Waals surface area contributed by atoms with Crippen LogP contribution in [0.5, 0.6) is 0 Å². The largest absolute Gasteiger partial charge is 0.390 e. The molecule has 0 spiro atoms. The van der Waals surface area contributed by atoms with Crippen LogP contribution < -0.4 is 0 Å². The molecule has 1 rings (SSSR count). The van der Waals surface area contributed by atoms with Gasteiger partial charge in [-0.2, -0.15) is 0 Å². The number of hydrogen-bond acceptors (Lipinski definition) is 3. The average Bonchev–Trinajstić information content (AvgIpc) is 2.10. The Bertz CT molecular complexity index is 201. The van der Waals surface area contributed by atoms with E-state index in [1.165, 1.54) is 0 Å². The van der Waals surface area contributed by atoms with Crippen LogP contribution in [-0.4, -0.2) is 34.6 Å². The summed E-state index contributed by atoms with van der Waals surface area (Å²) < 4.78 is 5.53. The average molecular weight is 202 g/mol. The quantitative estimate of drug-likeness (QED) is 0.710. The van der Waals surface area contributed by atoms with E-state index < -0.39 is 11.7 Å². The van der Waals surface area contributed by atoms with Gasteiger partial charge < -0.3 is 14.9 Å². The summed E-state index contributed by atoms with van der Waals surface area (Å²) in [6.45, 7) is 5.88. The van der Waals surface area contributed by atoms with Crippen LogP contribution in [0.4, 0.5) is 0 Å². The number of rotatable bonds is 2. The molecule has 0 heterocycles. The van der Waals surface area contributed by atoms with Crippen molar-refractivity contribution in [3.05, 3.63) is 0 Å². The molecule has 1 fully saturated rings. The van der Waals surface area contributed by atoms with Gasteiger partial charge in [-0.25, -0.2) is 0 Å². The van der Waals surface area contributed by atoms with E-state index in [4.69, 9.17) is 4.74 Å². The molecule has 3 nitrogen and oxygen atoms in total. The van der Waals surface area contributed by atoms with Gasteiger partial charge in [-0.15, -0.1) is 0 Å². The summed E-state index contributed by atoms with van der Waals surface area (Å²) in [5.74, 6) is 0.359. The molecular formula is C11H22O3. The molecule has 1 aliphatic rings. The zero-order chi connectivity index (χ0) is 11.0. The maximum absolute atomic E-state index is 9.85. The molecule has 0 aromatic carbocycles. The smallest absolute Gasteiger partial charge is 0.0879 e. The van der Waals surface area contributed by atoms with Crippen molar-refractivity contribution in [3.8, 4) is 0 Å². The van der Waals surface area contributed by atoms with Crippen molar-refractivity contribution in [2.24, 2.45) is 5.92 Å². The van der Waals surface area contributed by atoms with Gasteiger partial charge in [-0.1, -0.05) is 13.8 Å². The van der Waals surface area contributed by atoms with Crippen molar-refractivity contribution < 1.29 is 14.9 Å². The normalized spacial score (nSPS) is 44.4. The van der Waals surface area contributed by atoms with Crippen LogP contribution in [0.1, 0.15) is 40.0 Å². The van der Waals surface area contributed by atoms with Crippen molar-refractivity contribution in [2.75, 3.05) is 7.11 Å². The number of aliphatic hydroxyl groups is 2. The molecule has 1 aliphatic carbocycles. The Morgan fingerprint density at radius 3 is 2.29 bits per heavy atom. The van der Waals surface area contributed by atoms with E-state index in [0.29, 0.717) is 18.8 Å². The number of hydrogen-bond donors (Lipinski definition) is 2.